The fraction of sp³-hybridized carbons (Fsp3) is 0.923. The number of hydrogen-bond acceptors (Lipinski definition) is 2. The highest BCUT2D eigenvalue weighted by molar-refractivity contribution is 5.78. The predicted octanol–water partition coefficient (Wildman–Crippen LogP) is 2.15. The molecule has 1 heterocycles. The molecule has 2 atom stereocenters. The molecule has 0 bridgehead atoms. The van der Waals surface area contributed by atoms with Gasteiger partial charge in [0, 0.05) is 18.5 Å². The van der Waals surface area contributed by atoms with Crippen LogP contribution in [0.5, 0.6) is 0 Å². The summed E-state index contributed by atoms with van der Waals surface area (Å²) in [5.41, 5.74) is 5.48. The van der Waals surface area contributed by atoms with Crippen molar-refractivity contribution in [3.8, 4) is 0 Å². The van der Waals surface area contributed by atoms with E-state index in [9.17, 15) is 4.79 Å². The molecule has 16 heavy (non-hydrogen) atoms. The van der Waals surface area contributed by atoms with Crippen LogP contribution in [0.4, 0.5) is 0 Å². The fourth-order valence-corrected chi connectivity index (χ4v) is 2.43. The van der Waals surface area contributed by atoms with Gasteiger partial charge in [-0.1, -0.05) is 19.8 Å². The molecule has 3 heteroatoms. The molecule has 1 fully saturated rings. The van der Waals surface area contributed by atoms with Crippen molar-refractivity contribution < 1.29 is 4.79 Å². The number of hydrogen-bond donors (Lipinski definition) is 1. The highest BCUT2D eigenvalue weighted by atomic mass is 16.2. The van der Waals surface area contributed by atoms with Crippen LogP contribution in [0.2, 0.25) is 0 Å². The van der Waals surface area contributed by atoms with Gasteiger partial charge in [-0.3, -0.25) is 4.79 Å². The molecule has 1 rings (SSSR count). The molecule has 2 unspecified atom stereocenters. The number of likely N-dealkylation sites (tertiary alicyclic amines) is 1. The zero-order valence-electron chi connectivity index (χ0n) is 10.7. The zero-order chi connectivity index (χ0) is 12.0. The average Bonchev–Trinajstić information content (AvgIpc) is 2.49. The molecule has 1 aliphatic rings. The highest BCUT2D eigenvalue weighted by Crippen LogP contribution is 2.20. The molecule has 3 nitrogen and oxygen atoms in total. The Morgan fingerprint density at radius 3 is 2.88 bits per heavy atom. The van der Waals surface area contributed by atoms with Gasteiger partial charge in [0.05, 0.1) is 0 Å². The zero-order valence-corrected chi connectivity index (χ0v) is 10.7. The summed E-state index contributed by atoms with van der Waals surface area (Å²) in [6.45, 7) is 5.86. The third kappa shape index (κ3) is 3.78. The lowest BCUT2D eigenvalue weighted by Crippen LogP contribution is -2.41. The number of nitrogens with zero attached hydrogens (tertiary/aromatic N) is 1. The summed E-state index contributed by atoms with van der Waals surface area (Å²) in [5, 5.41) is 0. The third-order valence-corrected chi connectivity index (χ3v) is 3.60. The number of nitrogens with two attached hydrogens (primary N) is 1. The van der Waals surface area contributed by atoms with E-state index >= 15 is 0 Å². The first-order valence-electron chi connectivity index (χ1n) is 6.67. The Morgan fingerprint density at radius 1 is 1.44 bits per heavy atom. The van der Waals surface area contributed by atoms with Crippen molar-refractivity contribution in [2.45, 2.75) is 58.4 Å². The lowest BCUT2D eigenvalue weighted by Gasteiger charge is -2.29. The van der Waals surface area contributed by atoms with Crippen LogP contribution < -0.4 is 5.73 Å². The summed E-state index contributed by atoms with van der Waals surface area (Å²) >= 11 is 0. The Morgan fingerprint density at radius 2 is 2.19 bits per heavy atom. The maximum Gasteiger partial charge on any atom is 0.225 e. The van der Waals surface area contributed by atoms with E-state index in [1.807, 2.05) is 6.92 Å². The summed E-state index contributed by atoms with van der Waals surface area (Å²) in [6, 6.07) is 0.426. The standard InChI is InChI=1S/C13H26N2O/c1-11(7-6-9-14)13(16)15-10-5-3-4-8-12(15)2/h11-12H,3-10,14H2,1-2H3. The van der Waals surface area contributed by atoms with Gasteiger partial charge in [-0.15, -0.1) is 0 Å². The quantitative estimate of drug-likeness (QED) is 0.798. The van der Waals surface area contributed by atoms with Gasteiger partial charge >= 0.3 is 0 Å². The van der Waals surface area contributed by atoms with Gasteiger partial charge < -0.3 is 10.6 Å². The predicted molar refractivity (Wildman–Crippen MR) is 67.1 cm³/mol. The molecule has 1 aliphatic heterocycles. The molecule has 2 N–H and O–H groups in total. The van der Waals surface area contributed by atoms with E-state index in [4.69, 9.17) is 5.73 Å². The monoisotopic (exact) mass is 226 g/mol. The highest BCUT2D eigenvalue weighted by Gasteiger charge is 2.25. The van der Waals surface area contributed by atoms with Crippen LogP contribution in [0, 0.1) is 5.92 Å². The topological polar surface area (TPSA) is 46.3 Å². The van der Waals surface area contributed by atoms with Gasteiger partial charge in [0.1, 0.15) is 0 Å². The molecule has 94 valence electrons. The Bertz CT molecular complexity index is 218. The van der Waals surface area contributed by atoms with Crippen LogP contribution in [-0.4, -0.2) is 29.9 Å². The van der Waals surface area contributed by atoms with Gasteiger partial charge in [-0.2, -0.15) is 0 Å². The largest absolute Gasteiger partial charge is 0.340 e. The molecule has 0 aliphatic carbocycles. The molecule has 1 amide bonds. The summed E-state index contributed by atoms with van der Waals surface area (Å²) in [6.07, 6.45) is 6.75. The van der Waals surface area contributed by atoms with Crippen molar-refractivity contribution in [3.63, 3.8) is 0 Å². The fourth-order valence-electron chi connectivity index (χ4n) is 2.43. The van der Waals surface area contributed by atoms with E-state index in [2.05, 4.69) is 11.8 Å². The maximum atomic E-state index is 12.3. The van der Waals surface area contributed by atoms with Crippen molar-refractivity contribution in [2.75, 3.05) is 13.1 Å². The second-order valence-corrected chi connectivity index (χ2v) is 5.06. The molecular weight excluding hydrogens is 200 g/mol. The minimum atomic E-state index is 0.143. The molecule has 1 saturated heterocycles. The number of carbonyl (C=O) groups excluding carboxylic acids is 1. The average molecular weight is 226 g/mol. The van der Waals surface area contributed by atoms with E-state index in [-0.39, 0.29) is 5.92 Å². The van der Waals surface area contributed by atoms with Gasteiger partial charge in [0.2, 0.25) is 5.91 Å². The van der Waals surface area contributed by atoms with Crippen LogP contribution in [0.1, 0.15) is 52.4 Å². The van der Waals surface area contributed by atoms with Gasteiger partial charge in [0.15, 0.2) is 0 Å². The maximum absolute atomic E-state index is 12.3. The minimum absolute atomic E-state index is 0.143. The Labute approximate surface area is 99.4 Å². The van der Waals surface area contributed by atoms with Crippen molar-refractivity contribution >= 4 is 5.91 Å². The van der Waals surface area contributed by atoms with E-state index < -0.39 is 0 Å². The normalized spacial score (nSPS) is 23.9. The number of carbonyl (C=O) groups is 1. The van der Waals surface area contributed by atoms with Gasteiger partial charge in [-0.25, -0.2) is 0 Å². The van der Waals surface area contributed by atoms with Crippen LogP contribution in [0.25, 0.3) is 0 Å². The number of rotatable bonds is 4. The van der Waals surface area contributed by atoms with Gasteiger partial charge in [-0.05, 0) is 39.2 Å². The summed E-state index contributed by atoms with van der Waals surface area (Å²) in [7, 11) is 0. The smallest absolute Gasteiger partial charge is 0.225 e. The Kier molecular flexibility index (Phi) is 5.81. The lowest BCUT2D eigenvalue weighted by molar-refractivity contribution is -0.137. The second-order valence-electron chi connectivity index (χ2n) is 5.06. The van der Waals surface area contributed by atoms with Gasteiger partial charge in [0.25, 0.3) is 0 Å². The first-order chi connectivity index (χ1) is 7.66. The van der Waals surface area contributed by atoms with Crippen LogP contribution in [0.3, 0.4) is 0 Å². The minimum Gasteiger partial charge on any atom is -0.340 e. The Hall–Kier alpha value is -0.570. The van der Waals surface area contributed by atoms with Crippen molar-refractivity contribution in [3.05, 3.63) is 0 Å². The van der Waals surface area contributed by atoms with Crippen molar-refractivity contribution in [2.24, 2.45) is 11.7 Å². The lowest BCUT2D eigenvalue weighted by atomic mass is 10.0. The van der Waals surface area contributed by atoms with Crippen LogP contribution in [-0.2, 0) is 4.79 Å². The molecule has 0 radical (unpaired) electrons. The van der Waals surface area contributed by atoms with Crippen molar-refractivity contribution in [1.29, 1.82) is 0 Å². The molecule has 0 aromatic heterocycles. The van der Waals surface area contributed by atoms with E-state index in [0.717, 1.165) is 25.8 Å². The SMILES string of the molecule is CC(CCCN)C(=O)N1CCCCCC1C. The molecule has 0 spiro atoms. The number of amides is 1. The van der Waals surface area contributed by atoms with E-state index in [1.54, 1.807) is 0 Å². The summed E-state index contributed by atoms with van der Waals surface area (Å²) < 4.78 is 0. The second kappa shape index (κ2) is 6.89. The Balaban J connectivity index is 2.49. The summed E-state index contributed by atoms with van der Waals surface area (Å²) in [4.78, 5) is 14.3. The molecular formula is C13H26N2O. The summed E-state index contributed by atoms with van der Waals surface area (Å²) in [5.74, 6) is 0.479. The van der Waals surface area contributed by atoms with E-state index in [0.29, 0.717) is 18.5 Å². The van der Waals surface area contributed by atoms with Crippen LogP contribution >= 0.6 is 0 Å². The molecule has 0 saturated carbocycles. The molecule has 0 aromatic rings. The van der Waals surface area contributed by atoms with Crippen LogP contribution in [0.15, 0.2) is 0 Å². The third-order valence-electron chi connectivity index (χ3n) is 3.60. The first-order valence-corrected chi connectivity index (χ1v) is 6.67. The van der Waals surface area contributed by atoms with E-state index in [1.165, 1.54) is 19.3 Å². The first kappa shape index (κ1) is 13.5. The molecule has 0 aromatic carbocycles. The van der Waals surface area contributed by atoms with Crippen molar-refractivity contribution in [1.82, 2.24) is 4.90 Å².